The maximum absolute atomic E-state index is 12.7. The Bertz CT molecular complexity index is 926. The molecular formula is C41H74O11. The van der Waals surface area contributed by atoms with Gasteiger partial charge in [-0.25, -0.2) is 4.79 Å². The lowest BCUT2D eigenvalue weighted by molar-refractivity contribution is -0.298. The Morgan fingerprint density at radius 3 is 1.52 bits per heavy atom. The Morgan fingerprint density at radius 1 is 0.577 bits per heavy atom. The van der Waals surface area contributed by atoms with Gasteiger partial charge in [-0.1, -0.05) is 142 Å². The van der Waals surface area contributed by atoms with Crippen molar-refractivity contribution in [2.24, 2.45) is 0 Å². The second-order valence-corrected chi connectivity index (χ2v) is 14.5. The van der Waals surface area contributed by atoms with Crippen molar-refractivity contribution < 1.29 is 53.8 Å². The Balaban J connectivity index is 2.42. The highest BCUT2D eigenvalue weighted by Gasteiger charge is 2.47. The topological polar surface area (TPSA) is 169 Å². The maximum Gasteiger partial charge on any atom is 0.335 e. The molecule has 1 saturated heterocycles. The van der Waals surface area contributed by atoms with E-state index in [1.165, 1.54) is 83.5 Å². The third kappa shape index (κ3) is 24.3. The van der Waals surface area contributed by atoms with Gasteiger partial charge in [-0.2, -0.15) is 0 Å². The summed E-state index contributed by atoms with van der Waals surface area (Å²) in [5, 5.41) is 39.7. The Morgan fingerprint density at radius 2 is 1.02 bits per heavy atom. The van der Waals surface area contributed by atoms with Gasteiger partial charge in [-0.3, -0.25) is 9.59 Å². The SMILES string of the molecule is CCCCCC/C=C\CCCCCCCC(=O)OCC(COC1OC(C(=O)O)C(O)C(O)C1O)OC(=O)CCCCCCCCCCCCCCC. The molecule has 1 fully saturated rings. The summed E-state index contributed by atoms with van der Waals surface area (Å²) >= 11 is 0. The minimum Gasteiger partial charge on any atom is -0.479 e. The van der Waals surface area contributed by atoms with E-state index in [-0.39, 0.29) is 26.1 Å². The van der Waals surface area contributed by atoms with Crippen molar-refractivity contribution in [1.82, 2.24) is 0 Å². The fourth-order valence-corrected chi connectivity index (χ4v) is 6.28. The highest BCUT2D eigenvalue weighted by molar-refractivity contribution is 5.73. The summed E-state index contributed by atoms with van der Waals surface area (Å²) in [5.41, 5.74) is 0. The van der Waals surface area contributed by atoms with Crippen molar-refractivity contribution in [3.8, 4) is 0 Å². The summed E-state index contributed by atoms with van der Waals surface area (Å²) in [6.07, 6.45) is 22.7. The number of carboxylic acids is 1. The van der Waals surface area contributed by atoms with Crippen LogP contribution in [0.15, 0.2) is 12.2 Å². The van der Waals surface area contributed by atoms with Gasteiger partial charge in [0.2, 0.25) is 0 Å². The summed E-state index contributed by atoms with van der Waals surface area (Å²) < 4.78 is 21.7. The van der Waals surface area contributed by atoms with Crippen molar-refractivity contribution in [2.75, 3.05) is 13.2 Å². The number of aliphatic hydroxyl groups excluding tert-OH is 3. The second kappa shape index (κ2) is 32.4. The molecular weight excluding hydrogens is 668 g/mol. The maximum atomic E-state index is 12.7. The molecule has 0 aliphatic carbocycles. The van der Waals surface area contributed by atoms with E-state index < -0.39 is 54.7 Å². The smallest absolute Gasteiger partial charge is 0.335 e. The summed E-state index contributed by atoms with van der Waals surface area (Å²) in [7, 11) is 0. The zero-order chi connectivity index (χ0) is 38.2. The van der Waals surface area contributed by atoms with Gasteiger partial charge >= 0.3 is 17.9 Å². The first-order valence-electron chi connectivity index (χ1n) is 20.7. The molecule has 0 saturated carbocycles. The zero-order valence-electron chi connectivity index (χ0n) is 32.6. The molecule has 0 aromatic carbocycles. The number of esters is 2. The van der Waals surface area contributed by atoms with Crippen LogP contribution in [0.5, 0.6) is 0 Å². The van der Waals surface area contributed by atoms with Gasteiger partial charge in [0, 0.05) is 12.8 Å². The van der Waals surface area contributed by atoms with Crippen molar-refractivity contribution in [3.63, 3.8) is 0 Å². The van der Waals surface area contributed by atoms with E-state index in [0.29, 0.717) is 12.8 Å². The molecule has 11 nitrogen and oxygen atoms in total. The highest BCUT2D eigenvalue weighted by atomic mass is 16.7. The van der Waals surface area contributed by atoms with E-state index in [0.717, 1.165) is 57.8 Å². The van der Waals surface area contributed by atoms with Gasteiger partial charge in [0.05, 0.1) is 6.61 Å². The third-order valence-electron chi connectivity index (χ3n) is 9.61. The van der Waals surface area contributed by atoms with Gasteiger partial charge in [0.15, 0.2) is 18.5 Å². The number of rotatable bonds is 34. The van der Waals surface area contributed by atoms with Gasteiger partial charge in [-0.15, -0.1) is 0 Å². The van der Waals surface area contributed by atoms with Crippen molar-refractivity contribution in [1.29, 1.82) is 0 Å². The van der Waals surface area contributed by atoms with Gasteiger partial charge in [-0.05, 0) is 38.5 Å². The molecule has 4 N–H and O–H groups in total. The fourth-order valence-electron chi connectivity index (χ4n) is 6.28. The van der Waals surface area contributed by atoms with E-state index in [9.17, 15) is 34.8 Å². The summed E-state index contributed by atoms with van der Waals surface area (Å²) in [6.45, 7) is 3.78. The van der Waals surface area contributed by atoms with Crippen LogP contribution in [0.1, 0.15) is 181 Å². The van der Waals surface area contributed by atoms with Gasteiger partial charge in [0.25, 0.3) is 0 Å². The van der Waals surface area contributed by atoms with Gasteiger partial charge < -0.3 is 39.4 Å². The highest BCUT2D eigenvalue weighted by Crippen LogP contribution is 2.23. The standard InChI is InChI=1S/C41H74O11/c1-3-5-7-9-11-13-15-17-19-21-23-25-27-29-34(42)49-31-33(32-50-41-38(46)36(44)37(45)39(52-41)40(47)48)51-35(43)30-28-26-24-22-20-18-16-14-12-10-8-6-4-2/h13,15,33,36-39,41,44-46H,3-12,14,16-32H2,1-2H3,(H,47,48)/b15-13-. The minimum atomic E-state index is -1.86. The molecule has 0 amide bonds. The Kier molecular flexibility index (Phi) is 29.9. The lowest BCUT2D eigenvalue weighted by atomic mass is 9.99. The lowest BCUT2D eigenvalue weighted by Crippen LogP contribution is -2.60. The van der Waals surface area contributed by atoms with Crippen molar-refractivity contribution in [3.05, 3.63) is 12.2 Å². The van der Waals surface area contributed by atoms with Crippen molar-refractivity contribution >= 4 is 17.9 Å². The largest absolute Gasteiger partial charge is 0.479 e. The summed E-state index contributed by atoms with van der Waals surface area (Å²) in [4.78, 5) is 36.7. The third-order valence-corrected chi connectivity index (χ3v) is 9.61. The van der Waals surface area contributed by atoms with Crippen LogP contribution in [0, 0.1) is 0 Å². The van der Waals surface area contributed by atoms with E-state index >= 15 is 0 Å². The fraction of sp³-hybridized carbons (Fsp3) is 0.878. The van der Waals surface area contributed by atoms with Crippen molar-refractivity contribution in [2.45, 2.75) is 218 Å². The van der Waals surface area contributed by atoms with Crippen LogP contribution in [0.4, 0.5) is 0 Å². The molecule has 0 radical (unpaired) electrons. The van der Waals surface area contributed by atoms with Crippen LogP contribution in [0.3, 0.4) is 0 Å². The second-order valence-electron chi connectivity index (χ2n) is 14.5. The van der Waals surface area contributed by atoms with Crippen LogP contribution >= 0.6 is 0 Å². The molecule has 52 heavy (non-hydrogen) atoms. The first kappa shape index (κ1) is 48.0. The predicted octanol–water partition coefficient (Wildman–Crippen LogP) is 8.09. The average Bonchev–Trinajstić information content (AvgIpc) is 3.12. The molecule has 11 heteroatoms. The van der Waals surface area contributed by atoms with Crippen LogP contribution < -0.4 is 0 Å². The number of carboxylic acid groups (broad SMARTS) is 1. The lowest BCUT2D eigenvalue weighted by Gasteiger charge is -2.38. The molecule has 0 aromatic rings. The molecule has 1 aliphatic heterocycles. The predicted molar refractivity (Wildman–Crippen MR) is 202 cm³/mol. The number of hydrogen-bond donors (Lipinski definition) is 4. The molecule has 304 valence electrons. The Labute approximate surface area is 314 Å². The summed E-state index contributed by atoms with van der Waals surface area (Å²) in [6, 6.07) is 0. The quantitative estimate of drug-likeness (QED) is 0.0286. The van der Waals surface area contributed by atoms with Crippen LogP contribution in [0.25, 0.3) is 0 Å². The number of carbonyl (C=O) groups is 3. The number of allylic oxidation sites excluding steroid dienone is 2. The van der Waals surface area contributed by atoms with E-state index in [1.54, 1.807) is 0 Å². The molecule has 0 bridgehead atoms. The van der Waals surface area contributed by atoms with Crippen LogP contribution in [-0.2, 0) is 33.3 Å². The van der Waals surface area contributed by atoms with E-state index in [4.69, 9.17) is 18.9 Å². The molecule has 0 aromatic heterocycles. The molecule has 6 unspecified atom stereocenters. The first-order chi connectivity index (χ1) is 25.2. The number of ether oxygens (including phenoxy) is 4. The van der Waals surface area contributed by atoms with E-state index in [2.05, 4.69) is 26.0 Å². The number of aliphatic carboxylic acids is 1. The number of aliphatic hydroxyl groups is 3. The first-order valence-corrected chi connectivity index (χ1v) is 20.7. The molecule has 6 atom stereocenters. The van der Waals surface area contributed by atoms with Crippen LogP contribution in [-0.4, -0.2) is 88.4 Å². The Hall–Kier alpha value is -2.05. The molecule has 1 heterocycles. The van der Waals surface area contributed by atoms with E-state index in [1.807, 2.05) is 0 Å². The number of carbonyl (C=O) groups excluding carboxylic acids is 2. The molecule has 1 rings (SSSR count). The zero-order valence-corrected chi connectivity index (χ0v) is 32.6. The number of hydrogen-bond acceptors (Lipinski definition) is 10. The number of unbranched alkanes of at least 4 members (excludes halogenated alkanes) is 21. The van der Waals surface area contributed by atoms with Gasteiger partial charge in [0.1, 0.15) is 24.9 Å². The normalized spacial score (nSPS) is 21.0. The molecule has 1 aliphatic rings. The monoisotopic (exact) mass is 743 g/mol. The average molecular weight is 743 g/mol. The summed E-state index contributed by atoms with van der Waals surface area (Å²) in [5.74, 6) is -2.45. The minimum absolute atomic E-state index is 0.186. The molecule has 0 spiro atoms. The van der Waals surface area contributed by atoms with Crippen LogP contribution in [0.2, 0.25) is 0 Å².